The van der Waals surface area contributed by atoms with Crippen LogP contribution in [0.25, 0.3) is 0 Å². The summed E-state index contributed by atoms with van der Waals surface area (Å²) in [6.07, 6.45) is 0. The zero-order valence-electron chi connectivity index (χ0n) is 12.7. The van der Waals surface area contributed by atoms with Gasteiger partial charge in [-0.1, -0.05) is 36.0 Å². The summed E-state index contributed by atoms with van der Waals surface area (Å²) in [7, 11) is 0. The molecule has 0 aliphatic heterocycles. The molecule has 1 heterocycles. The number of thioether (sulfide) groups is 1. The summed E-state index contributed by atoms with van der Waals surface area (Å²) in [5.41, 5.74) is 1.97. The van der Waals surface area contributed by atoms with Crippen molar-refractivity contribution >= 4 is 11.8 Å². The molecule has 0 fully saturated rings. The molecule has 0 atom stereocenters. The van der Waals surface area contributed by atoms with Crippen LogP contribution in [0.1, 0.15) is 17.0 Å². The normalized spacial score (nSPS) is 10.8. The molecule has 2 aromatic carbocycles. The minimum absolute atomic E-state index is 0.0362. The lowest BCUT2D eigenvalue weighted by Crippen LogP contribution is -1.95. The number of ether oxygens (including phenoxy) is 1. The molecule has 1 aromatic heterocycles. The van der Waals surface area contributed by atoms with E-state index in [0.29, 0.717) is 22.6 Å². The van der Waals surface area contributed by atoms with Crippen LogP contribution in [-0.4, -0.2) is 15.3 Å². The highest BCUT2D eigenvalue weighted by Gasteiger charge is 2.08. The number of aromatic nitrogens is 2. The molecule has 3 aromatic rings. The van der Waals surface area contributed by atoms with Gasteiger partial charge in [0.25, 0.3) is 11.1 Å². The summed E-state index contributed by atoms with van der Waals surface area (Å²) in [6, 6.07) is 13.4. The van der Waals surface area contributed by atoms with Gasteiger partial charge in [0, 0.05) is 5.75 Å². The molecule has 0 bridgehead atoms. The first kappa shape index (κ1) is 16.5. The molecule has 0 spiro atoms. The average Bonchev–Trinajstić information content (AvgIpc) is 3.08. The third-order valence-corrected chi connectivity index (χ3v) is 4.08. The van der Waals surface area contributed by atoms with Crippen LogP contribution in [0.4, 0.5) is 4.39 Å². The fourth-order valence-corrected chi connectivity index (χ4v) is 2.65. The van der Waals surface area contributed by atoms with Crippen molar-refractivity contribution in [3.05, 3.63) is 71.4 Å². The van der Waals surface area contributed by atoms with Crippen LogP contribution in [0.15, 0.2) is 58.2 Å². The van der Waals surface area contributed by atoms with Crippen molar-refractivity contribution in [3.8, 4) is 5.75 Å². The van der Waals surface area contributed by atoms with E-state index in [-0.39, 0.29) is 19.0 Å². The molecule has 7 heteroatoms. The minimum Gasteiger partial charge on any atom is -0.484 e. The summed E-state index contributed by atoms with van der Waals surface area (Å²) in [5.74, 6) is 1.27. The Balaban J connectivity index is 1.50. The topological polar surface area (TPSA) is 68.4 Å². The minimum atomic E-state index is -0.314. The molecule has 1 N–H and O–H groups in total. The Morgan fingerprint density at radius 1 is 1.00 bits per heavy atom. The summed E-state index contributed by atoms with van der Waals surface area (Å²) < 4.78 is 23.8. The van der Waals surface area contributed by atoms with Gasteiger partial charge in [-0.3, -0.25) is 0 Å². The lowest BCUT2D eigenvalue weighted by atomic mass is 10.2. The van der Waals surface area contributed by atoms with Gasteiger partial charge in [0.15, 0.2) is 6.61 Å². The van der Waals surface area contributed by atoms with E-state index < -0.39 is 0 Å². The van der Waals surface area contributed by atoms with E-state index >= 15 is 0 Å². The zero-order chi connectivity index (χ0) is 16.8. The number of halogens is 1. The lowest BCUT2D eigenvalue weighted by molar-refractivity contribution is 0.252. The predicted octanol–water partition coefficient (Wildman–Crippen LogP) is 3.57. The molecular formula is C17H15FN2O3S. The second kappa shape index (κ2) is 7.94. The van der Waals surface area contributed by atoms with Crippen molar-refractivity contribution in [2.75, 3.05) is 0 Å². The van der Waals surface area contributed by atoms with Gasteiger partial charge in [-0.15, -0.1) is 10.2 Å². The first-order valence-electron chi connectivity index (χ1n) is 7.25. The molecule has 0 aliphatic rings. The molecule has 124 valence electrons. The van der Waals surface area contributed by atoms with Crippen LogP contribution < -0.4 is 4.74 Å². The van der Waals surface area contributed by atoms with Gasteiger partial charge in [-0.05, 0) is 35.4 Å². The summed E-state index contributed by atoms with van der Waals surface area (Å²) in [4.78, 5) is 0. The highest BCUT2D eigenvalue weighted by atomic mass is 32.2. The quantitative estimate of drug-likeness (QED) is 0.660. The van der Waals surface area contributed by atoms with Crippen molar-refractivity contribution < 1.29 is 18.7 Å². The fraction of sp³-hybridized carbons (Fsp3) is 0.176. The number of nitrogens with zero attached hydrogens (tertiary/aromatic N) is 2. The summed E-state index contributed by atoms with van der Waals surface area (Å²) in [6.45, 7) is 0.166. The zero-order valence-corrected chi connectivity index (χ0v) is 13.5. The Bertz CT molecular complexity index is 775. The Hall–Kier alpha value is -2.38. The van der Waals surface area contributed by atoms with E-state index in [1.54, 1.807) is 0 Å². The van der Waals surface area contributed by atoms with Crippen molar-refractivity contribution in [2.45, 2.75) is 24.2 Å². The number of hydrogen-bond acceptors (Lipinski definition) is 6. The highest BCUT2D eigenvalue weighted by Crippen LogP contribution is 2.22. The summed E-state index contributed by atoms with van der Waals surface area (Å²) >= 11 is 1.42. The van der Waals surface area contributed by atoms with Gasteiger partial charge in [0.2, 0.25) is 0 Å². The molecule has 0 saturated heterocycles. The van der Waals surface area contributed by atoms with Crippen LogP contribution >= 0.6 is 11.8 Å². The Morgan fingerprint density at radius 2 is 1.71 bits per heavy atom. The molecule has 0 amide bonds. The van der Waals surface area contributed by atoms with Crippen molar-refractivity contribution in [1.29, 1.82) is 0 Å². The van der Waals surface area contributed by atoms with E-state index in [1.165, 1.54) is 36.0 Å². The lowest BCUT2D eigenvalue weighted by Gasteiger charge is -2.02. The molecule has 3 rings (SSSR count). The largest absolute Gasteiger partial charge is 0.484 e. The molecule has 0 aliphatic carbocycles. The van der Waals surface area contributed by atoms with E-state index in [9.17, 15) is 4.39 Å². The van der Waals surface area contributed by atoms with Crippen LogP contribution in [-0.2, 0) is 19.0 Å². The monoisotopic (exact) mass is 346 g/mol. The fourth-order valence-electron chi connectivity index (χ4n) is 1.92. The van der Waals surface area contributed by atoms with Gasteiger partial charge in [-0.2, -0.15) is 0 Å². The van der Waals surface area contributed by atoms with E-state index in [0.717, 1.165) is 11.1 Å². The van der Waals surface area contributed by atoms with E-state index in [4.69, 9.17) is 14.3 Å². The van der Waals surface area contributed by atoms with Crippen LogP contribution in [0.3, 0.4) is 0 Å². The molecule has 0 unspecified atom stereocenters. The SMILES string of the molecule is OCc1ccc(CSc2nnc(COc3ccc(F)cc3)o2)cc1. The number of aliphatic hydroxyl groups is 1. The highest BCUT2D eigenvalue weighted by molar-refractivity contribution is 7.98. The first-order valence-corrected chi connectivity index (χ1v) is 8.24. The van der Waals surface area contributed by atoms with Crippen LogP contribution in [0.2, 0.25) is 0 Å². The predicted molar refractivity (Wildman–Crippen MR) is 87.0 cm³/mol. The third-order valence-electron chi connectivity index (χ3n) is 3.19. The van der Waals surface area contributed by atoms with Crippen molar-refractivity contribution in [1.82, 2.24) is 10.2 Å². The molecule has 5 nitrogen and oxygen atoms in total. The Morgan fingerprint density at radius 3 is 2.42 bits per heavy atom. The molecule has 24 heavy (non-hydrogen) atoms. The second-order valence-corrected chi connectivity index (χ2v) is 5.89. The second-order valence-electron chi connectivity index (χ2n) is 4.97. The Labute approximate surface area is 142 Å². The molecule has 0 saturated carbocycles. The number of hydrogen-bond donors (Lipinski definition) is 1. The number of rotatable bonds is 7. The number of benzene rings is 2. The smallest absolute Gasteiger partial charge is 0.277 e. The summed E-state index contributed by atoms with van der Waals surface area (Å²) in [5, 5.41) is 17.4. The maximum atomic E-state index is 12.8. The van der Waals surface area contributed by atoms with Gasteiger partial charge < -0.3 is 14.3 Å². The van der Waals surface area contributed by atoms with Crippen molar-refractivity contribution in [2.24, 2.45) is 0 Å². The molecular weight excluding hydrogens is 331 g/mol. The molecule has 0 radical (unpaired) electrons. The van der Waals surface area contributed by atoms with Crippen LogP contribution in [0.5, 0.6) is 5.75 Å². The maximum absolute atomic E-state index is 12.8. The maximum Gasteiger partial charge on any atom is 0.277 e. The van der Waals surface area contributed by atoms with Gasteiger partial charge >= 0.3 is 0 Å². The number of aliphatic hydroxyl groups excluding tert-OH is 1. The standard InChI is InChI=1S/C17H15FN2O3S/c18-14-5-7-15(8-6-14)22-10-16-19-20-17(23-16)24-11-13-3-1-12(9-21)2-4-13/h1-8,21H,9-11H2. The van der Waals surface area contributed by atoms with Crippen LogP contribution in [0, 0.1) is 5.82 Å². The van der Waals surface area contributed by atoms with E-state index in [1.807, 2.05) is 24.3 Å². The van der Waals surface area contributed by atoms with Gasteiger partial charge in [0.05, 0.1) is 6.61 Å². The Kier molecular flexibility index (Phi) is 5.45. The first-order chi connectivity index (χ1) is 11.7. The van der Waals surface area contributed by atoms with Crippen molar-refractivity contribution in [3.63, 3.8) is 0 Å². The average molecular weight is 346 g/mol. The third kappa shape index (κ3) is 4.56. The van der Waals surface area contributed by atoms with E-state index in [2.05, 4.69) is 10.2 Å². The van der Waals surface area contributed by atoms with Gasteiger partial charge in [-0.25, -0.2) is 4.39 Å². The van der Waals surface area contributed by atoms with Gasteiger partial charge in [0.1, 0.15) is 11.6 Å².